The molecule has 1 heterocycles. The summed E-state index contributed by atoms with van der Waals surface area (Å²) in [4.78, 5) is 12.5. The number of benzene rings is 1. The molecule has 2 aromatic rings. The third-order valence-electron chi connectivity index (χ3n) is 2.59. The van der Waals surface area contributed by atoms with Crippen LogP contribution >= 0.6 is 43.2 Å². The fourth-order valence-corrected chi connectivity index (χ4v) is 3.84. The van der Waals surface area contributed by atoms with Crippen LogP contribution in [0, 0.1) is 0 Å². The molecular weight excluding hydrogens is 392 g/mol. The van der Waals surface area contributed by atoms with E-state index in [4.69, 9.17) is 5.73 Å². The minimum absolute atomic E-state index is 0.378. The third kappa shape index (κ3) is 3.89. The van der Waals surface area contributed by atoms with E-state index in [-0.39, 0.29) is 5.91 Å². The van der Waals surface area contributed by atoms with E-state index >= 15 is 0 Å². The molecule has 1 aromatic carbocycles. The van der Waals surface area contributed by atoms with Gasteiger partial charge in [0.2, 0.25) is 5.91 Å². The Balaban J connectivity index is 2.11. The highest BCUT2D eigenvalue weighted by atomic mass is 79.9. The van der Waals surface area contributed by atoms with Crippen LogP contribution in [0.3, 0.4) is 0 Å². The molecule has 0 aliphatic rings. The van der Waals surface area contributed by atoms with Gasteiger partial charge < -0.3 is 5.73 Å². The van der Waals surface area contributed by atoms with Gasteiger partial charge in [-0.15, -0.1) is 11.3 Å². The Morgan fingerprint density at radius 2 is 2.00 bits per heavy atom. The lowest BCUT2D eigenvalue weighted by atomic mass is 10.2. The molecule has 0 spiro atoms. The van der Waals surface area contributed by atoms with Crippen molar-refractivity contribution in [3.05, 3.63) is 55.1 Å². The van der Waals surface area contributed by atoms with Gasteiger partial charge in [-0.1, -0.05) is 30.3 Å². The van der Waals surface area contributed by atoms with E-state index in [1.807, 2.05) is 36.4 Å². The maximum absolute atomic E-state index is 11.6. The molecular formula is C13H12Br2N2OS. The van der Waals surface area contributed by atoms with Crippen molar-refractivity contribution in [2.24, 2.45) is 5.73 Å². The Bertz CT molecular complexity index is 552. The molecule has 0 aliphatic heterocycles. The molecule has 100 valence electrons. The van der Waals surface area contributed by atoms with Gasteiger partial charge >= 0.3 is 0 Å². The van der Waals surface area contributed by atoms with E-state index in [1.54, 1.807) is 0 Å². The lowest BCUT2D eigenvalue weighted by molar-refractivity contribution is -0.120. The number of hydrogen-bond acceptors (Lipinski definition) is 3. The topological polar surface area (TPSA) is 55.1 Å². The van der Waals surface area contributed by atoms with Crippen LogP contribution in [-0.4, -0.2) is 5.91 Å². The molecule has 0 fully saturated rings. The normalized spacial score (nSPS) is 12.3. The Kier molecular flexibility index (Phi) is 5.15. The molecule has 0 bridgehead atoms. The van der Waals surface area contributed by atoms with E-state index in [9.17, 15) is 4.79 Å². The Labute approximate surface area is 132 Å². The zero-order chi connectivity index (χ0) is 13.8. The molecule has 0 aliphatic carbocycles. The predicted molar refractivity (Wildman–Crippen MR) is 84.9 cm³/mol. The second-order valence-electron chi connectivity index (χ2n) is 3.97. The largest absolute Gasteiger partial charge is 0.368 e. The first-order chi connectivity index (χ1) is 9.08. The minimum atomic E-state index is -0.479. The lowest BCUT2D eigenvalue weighted by Crippen LogP contribution is -2.32. The van der Waals surface area contributed by atoms with Crippen molar-refractivity contribution < 1.29 is 4.79 Å². The van der Waals surface area contributed by atoms with Gasteiger partial charge in [0, 0.05) is 15.9 Å². The second-order valence-corrected chi connectivity index (χ2v) is 7.23. The molecule has 1 unspecified atom stereocenters. The number of halogens is 2. The summed E-state index contributed by atoms with van der Waals surface area (Å²) in [5.74, 6) is -0.378. The van der Waals surface area contributed by atoms with E-state index < -0.39 is 6.04 Å². The van der Waals surface area contributed by atoms with Gasteiger partial charge in [-0.25, -0.2) is 0 Å². The number of amides is 1. The number of thiophene rings is 1. The average molecular weight is 404 g/mol. The van der Waals surface area contributed by atoms with Gasteiger partial charge in [-0.05, 0) is 43.5 Å². The fraction of sp³-hybridized carbons (Fsp3) is 0.154. The van der Waals surface area contributed by atoms with Crippen molar-refractivity contribution in [3.63, 3.8) is 0 Å². The Hall–Kier alpha value is -0.690. The number of carbonyl (C=O) groups excluding carboxylic acids is 1. The molecule has 19 heavy (non-hydrogen) atoms. The van der Waals surface area contributed by atoms with Crippen LogP contribution in [0.1, 0.15) is 16.5 Å². The molecule has 0 saturated heterocycles. The molecule has 3 N–H and O–H groups in total. The standard InChI is InChI=1S/C13H12Br2N2OS/c14-9-6-10(19-12(9)15)11(13(16)18)17-7-8-4-2-1-3-5-8/h1-6,11,17H,7H2,(H2,16,18). The van der Waals surface area contributed by atoms with Crippen molar-refractivity contribution in [2.75, 3.05) is 0 Å². The van der Waals surface area contributed by atoms with Gasteiger partial charge in [-0.3, -0.25) is 10.1 Å². The summed E-state index contributed by atoms with van der Waals surface area (Å²) in [7, 11) is 0. The highest BCUT2D eigenvalue weighted by Gasteiger charge is 2.20. The molecule has 3 nitrogen and oxygen atoms in total. The number of rotatable bonds is 5. The van der Waals surface area contributed by atoms with Crippen LogP contribution in [-0.2, 0) is 11.3 Å². The van der Waals surface area contributed by atoms with Crippen molar-refractivity contribution in [2.45, 2.75) is 12.6 Å². The zero-order valence-electron chi connectivity index (χ0n) is 9.90. The first-order valence-corrected chi connectivity index (χ1v) is 7.99. The molecule has 1 aromatic heterocycles. The molecule has 2 rings (SSSR count). The quantitative estimate of drug-likeness (QED) is 0.801. The Morgan fingerprint density at radius 3 is 2.53 bits per heavy atom. The Morgan fingerprint density at radius 1 is 1.32 bits per heavy atom. The predicted octanol–water partition coefficient (Wildman–Crippen LogP) is 3.59. The van der Waals surface area contributed by atoms with Crippen LogP contribution in [0.5, 0.6) is 0 Å². The van der Waals surface area contributed by atoms with Gasteiger partial charge in [0.25, 0.3) is 0 Å². The van der Waals surface area contributed by atoms with E-state index in [1.165, 1.54) is 11.3 Å². The number of nitrogens with two attached hydrogens (primary N) is 1. The smallest absolute Gasteiger partial charge is 0.240 e. The minimum Gasteiger partial charge on any atom is -0.368 e. The highest BCUT2D eigenvalue weighted by Crippen LogP contribution is 2.35. The van der Waals surface area contributed by atoms with Crippen LogP contribution in [0.15, 0.2) is 44.7 Å². The fourth-order valence-electron chi connectivity index (χ4n) is 1.66. The number of nitrogens with one attached hydrogen (secondary N) is 1. The first-order valence-electron chi connectivity index (χ1n) is 5.59. The van der Waals surface area contributed by atoms with Crippen LogP contribution < -0.4 is 11.1 Å². The molecule has 0 saturated carbocycles. The third-order valence-corrected chi connectivity index (χ3v) is 5.91. The van der Waals surface area contributed by atoms with Gasteiger partial charge in [0.1, 0.15) is 6.04 Å². The van der Waals surface area contributed by atoms with E-state index in [2.05, 4.69) is 37.2 Å². The summed E-state index contributed by atoms with van der Waals surface area (Å²) < 4.78 is 1.88. The summed E-state index contributed by atoms with van der Waals surface area (Å²) >= 11 is 8.33. The van der Waals surface area contributed by atoms with E-state index in [0.717, 1.165) is 18.7 Å². The van der Waals surface area contributed by atoms with Crippen LogP contribution in [0.25, 0.3) is 0 Å². The molecule has 6 heteroatoms. The molecule has 1 amide bonds. The summed E-state index contributed by atoms with van der Waals surface area (Å²) in [5.41, 5.74) is 6.58. The lowest BCUT2D eigenvalue weighted by Gasteiger charge is -2.13. The van der Waals surface area contributed by atoms with Crippen molar-refractivity contribution in [1.82, 2.24) is 5.32 Å². The molecule has 0 radical (unpaired) electrons. The van der Waals surface area contributed by atoms with Crippen LogP contribution in [0.2, 0.25) is 0 Å². The van der Waals surface area contributed by atoms with Crippen molar-refractivity contribution in [3.8, 4) is 0 Å². The SMILES string of the molecule is NC(=O)C(NCc1ccccc1)c1cc(Br)c(Br)s1. The summed E-state index contributed by atoms with van der Waals surface area (Å²) in [6, 6.07) is 11.3. The van der Waals surface area contributed by atoms with Crippen LogP contribution in [0.4, 0.5) is 0 Å². The number of hydrogen-bond donors (Lipinski definition) is 2. The van der Waals surface area contributed by atoms with Crippen molar-refractivity contribution >= 4 is 49.1 Å². The number of carbonyl (C=O) groups is 1. The average Bonchev–Trinajstić information content (AvgIpc) is 2.70. The monoisotopic (exact) mass is 402 g/mol. The zero-order valence-corrected chi connectivity index (χ0v) is 13.9. The maximum Gasteiger partial charge on any atom is 0.240 e. The van der Waals surface area contributed by atoms with Gasteiger partial charge in [-0.2, -0.15) is 0 Å². The summed E-state index contributed by atoms with van der Waals surface area (Å²) in [6.07, 6.45) is 0. The number of primary amides is 1. The van der Waals surface area contributed by atoms with Gasteiger partial charge in [0.05, 0.1) is 3.79 Å². The van der Waals surface area contributed by atoms with Crippen molar-refractivity contribution in [1.29, 1.82) is 0 Å². The second kappa shape index (κ2) is 6.65. The summed E-state index contributed by atoms with van der Waals surface area (Å²) in [6.45, 7) is 0.599. The maximum atomic E-state index is 11.6. The first kappa shape index (κ1) is 14.7. The van der Waals surface area contributed by atoms with E-state index in [0.29, 0.717) is 6.54 Å². The highest BCUT2D eigenvalue weighted by molar-refractivity contribution is 9.13. The molecule has 1 atom stereocenters. The summed E-state index contributed by atoms with van der Waals surface area (Å²) in [5, 5.41) is 3.19. The van der Waals surface area contributed by atoms with Gasteiger partial charge in [0.15, 0.2) is 0 Å².